The third kappa shape index (κ3) is 4.21. The Labute approximate surface area is 118 Å². The van der Waals surface area contributed by atoms with Crippen LogP contribution in [0.2, 0.25) is 0 Å². The zero-order chi connectivity index (χ0) is 15.4. The van der Waals surface area contributed by atoms with Crippen molar-refractivity contribution in [1.29, 1.82) is 0 Å². The lowest BCUT2D eigenvalue weighted by atomic mass is 9.90. The lowest BCUT2D eigenvalue weighted by Crippen LogP contribution is -2.59. The maximum absolute atomic E-state index is 12.0. The fraction of sp³-hybridized carbons (Fsp3) is 0.923. The Hall–Kier alpha value is -0.570. The number of nitrogens with two attached hydrogens (primary N) is 1. The standard InChI is InChI=1S/C13H25NO6/c1-6(2)3-7(14)8(16)4-9-11(17)13(19)12(18)10(5-15)20-9/h6-7,9-13,15,17-19H,3-5,14H2,1-2H3/t7-,9-,10+,11-,12+,13+/m0/s1. The van der Waals surface area contributed by atoms with Crippen molar-refractivity contribution in [1.82, 2.24) is 0 Å². The molecule has 7 heteroatoms. The maximum Gasteiger partial charge on any atom is 0.152 e. The monoisotopic (exact) mass is 291 g/mol. The van der Waals surface area contributed by atoms with Gasteiger partial charge in [-0.1, -0.05) is 13.8 Å². The number of aliphatic hydroxyl groups excluding tert-OH is 4. The number of hydrogen-bond donors (Lipinski definition) is 5. The molecule has 0 spiro atoms. The fourth-order valence-electron chi connectivity index (χ4n) is 2.34. The van der Waals surface area contributed by atoms with Crippen molar-refractivity contribution in [3.63, 3.8) is 0 Å². The first-order valence-corrected chi connectivity index (χ1v) is 6.86. The van der Waals surface area contributed by atoms with E-state index in [9.17, 15) is 20.1 Å². The predicted octanol–water partition coefficient (Wildman–Crippen LogP) is -1.84. The highest BCUT2D eigenvalue weighted by Gasteiger charge is 2.44. The van der Waals surface area contributed by atoms with E-state index in [1.54, 1.807) is 0 Å². The lowest BCUT2D eigenvalue weighted by molar-refractivity contribution is -0.229. The third-order valence-corrected chi connectivity index (χ3v) is 3.53. The zero-order valence-electron chi connectivity index (χ0n) is 11.8. The minimum atomic E-state index is -1.46. The number of ether oxygens (including phenoxy) is 1. The van der Waals surface area contributed by atoms with Gasteiger partial charge in [-0.25, -0.2) is 0 Å². The summed E-state index contributed by atoms with van der Waals surface area (Å²) in [5, 5.41) is 38.1. The Morgan fingerprint density at radius 3 is 2.20 bits per heavy atom. The number of rotatable bonds is 6. The van der Waals surface area contributed by atoms with Crippen LogP contribution in [0.4, 0.5) is 0 Å². The molecule has 0 amide bonds. The summed E-state index contributed by atoms with van der Waals surface area (Å²) in [6.45, 7) is 3.38. The van der Waals surface area contributed by atoms with Crippen molar-refractivity contribution in [2.24, 2.45) is 11.7 Å². The van der Waals surface area contributed by atoms with Gasteiger partial charge in [-0.2, -0.15) is 0 Å². The minimum absolute atomic E-state index is 0.157. The Bertz CT molecular complexity index is 322. The molecule has 1 rings (SSSR count). The van der Waals surface area contributed by atoms with Gasteiger partial charge in [0.15, 0.2) is 5.78 Å². The Morgan fingerprint density at radius 1 is 1.15 bits per heavy atom. The van der Waals surface area contributed by atoms with Gasteiger partial charge in [0.25, 0.3) is 0 Å². The summed E-state index contributed by atoms with van der Waals surface area (Å²) in [5.74, 6) is -0.00761. The molecule has 1 aliphatic heterocycles. The van der Waals surface area contributed by atoms with E-state index >= 15 is 0 Å². The van der Waals surface area contributed by atoms with Crippen LogP contribution < -0.4 is 5.73 Å². The number of ketones is 1. The smallest absolute Gasteiger partial charge is 0.152 e. The second kappa shape index (κ2) is 7.44. The number of hydrogen-bond acceptors (Lipinski definition) is 7. The van der Waals surface area contributed by atoms with Crippen molar-refractivity contribution in [2.45, 2.75) is 63.3 Å². The number of aliphatic hydroxyl groups is 4. The van der Waals surface area contributed by atoms with E-state index in [1.165, 1.54) is 0 Å². The summed E-state index contributed by atoms with van der Waals surface area (Å²) < 4.78 is 5.27. The molecule has 0 saturated carbocycles. The van der Waals surface area contributed by atoms with Gasteiger partial charge in [0.2, 0.25) is 0 Å². The van der Waals surface area contributed by atoms with Crippen LogP contribution in [0, 0.1) is 5.92 Å². The molecule has 1 fully saturated rings. The van der Waals surface area contributed by atoms with E-state index in [4.69, 9.17) is 15.6 Å². The van der Waals surface area contributed by atoms with Crippen molar-refractivity contribution in [3.8, 4) is 0 Å². The number of Topliss-reactive ketones (excluding diaryl/α,β-unsaturated/α-hetero) is 1. The van der Waals surface area contributed by atoms with Crippen LogP contribution in [0.5, 0.6) is 0 Å². The van der Waals surface area contributed by atoms with Gasteiger partial charge >= 0.3 is 0 Å². The molecule has 1 heterocycles. The molecule has 0 aromatic rings. The van der Waals surface area contributed by atoms with Crippen LogP contribution in [0.3, 0.4) is 0 Å². The van der Waals surface area contributed by atoms with Crippen LogP contribution in [0.25, 0.3) is 0 Å². The molecule has 1 saturated heterocycles. The first kappa shape index (κ1) is 17.5. The third-order valence-electron chi connectivity index (χ3n) is 3.53. The highest BCUT2D eigenvalue weighted by atomic mass is 16.5. The molecule has 6 N–H and O–H groups in total. The summed E-state index contributed by atoms with van der Waals surface area (Å²) in [7, 11) is 0. The number of carbonyl (C=O) groups excluding carboxylic acids is 1. The van der Waals surface area contributed by atoms with Crippen LogP contribution in [0.15, 0.2) is 0 Å². The Balaban J connectivity index is 2.63. The second-order valence-corrected chi connectivity index (χ2v) is 5.77. The maximum atomic E-state index is 12.0. The van der Waals surface area contributed by atoms with Gasteiger partial charge < -0.3 is 30.9 Å². The normalized spacial score (nSPS) is 36.1. The Kier molecular flexibility index (Phi) is 6.50. The highest BCUT2D eigenvalue weighted by Crippen LogP contribution is 2.24. The van der Waals surface area contributed by atoms with Gasteiger partial charge in [0, 0.05) is 6.42 Å². The SMILES string of the molecule is CC(C)C[C@H](N)C(=O)C[C@@H]1O[C@H](CO)[C@@H](O)[C@H](O)[C@H]1O. The largest absolute Gasteiger partial charge is 0.394 e. The molecule has 0 bridgehead atoms. The quantitative estimate of drug-likeness (QED) is 0.388. The van der Waals surface area contributed by atoms with E-state index in [-0.39, 0.29) is 18.1 Å². The fourth-order valence-corrected chi connectivity index (χ4v) is 2.34. The molecule has 118 valence electrons. The van der Waals surface area contributed by atoms with Crippen LogP contribution >= 0.6 is 0 Å². The Morgan fingerprint density at radius 2 is 1.70 bits per heavy atom. The van der Waals surface area contributed by atoms with Gasteiger partial charge in [0.1, 0.15) is 24.4 Å². The molecule has 1 aliphatic rings. The average molecular weight is 291 g/mol. The predicted molar refractivity (Wildman–Crippen MR) is 70.8 cm³/mol. The van der Waals surface area contributed by atoms with Gasteiger partial charge in [-0.3, -0.25) is 4.79 Å². The first-order valence-electron chi connectivity index (χ1n) is 6.86. The van der Waals surface area contributed by atoms with Crippen molar-refractivity contribution < 1.29 is 30.0 Å². The topological polar surface area (TPSA) is 133 Å². The number of carbonyl (C=O) groups is 1. The highest BCUT2D eigenvalue weighted by molar-refractivity contribution is 5.84. The molecular formula is C13H25NO6. The molecule has 7 nitrogen and oxygen atoms in total. The zero-order valence-corrected chi connectivity index (χ0v) is 11.8. The van der Waals surface area contributed by atoms with E-state index < -0.39 is 43.2 Å². The molecule has 0 aromatic heterocycles. The van der Waals surface area contributed by atoms with E-state index in [0.29, 0.717) is 6.42 Å². The molecular weight excluding hydrogens is 266 g/mol. The molecule has 0 aliphatic carbocycles. The second-order valence-electron chi connectivity index (χ2n) is 5.77. The first-order chi connectivity index (χ1) is 9.27. The summed E-state index contributed by atoms with van der Waals surface area (Å²) in [5.41, 5.74) is 5.76. The molecule has 0 aromatic carbocycles. The average Bonchev–Trinajstić information content (AvgIpc) is 2.38. The van der Waals surface area contributed by atoms with E-state index in [1.807, 2.05) is 13.8 Å². The molecule has 20 heavy (non-hydrogen) atoms. The van der Waals surface area contributed by atoms with Gasteiger partial charge in [-0.15, -0.1) is 0 Å². The molecule has 6 atom stereocenters. The van der Waals surface area contributed by atoms with Crippen molar-refractivity contribution >= 4 is 5.78 Å². The molecule has 0 unspecified atom stereocenters. The summed E-state index contributed by atoms with van der Waals surface area (Å²) in [6, 6.07) is -0.651. The summed E-state index contributed by atoms with van der Waals surface area (Å²) >= 11 is 0. The van der Waals surface area contributed by atoms with E-state index in [2.05, 4.69) is 0 Å². The van der Waals surface area contributed by atoms with Crippen LogP contribution in [-0.4, -0.2) is 69.4 Å². The van der Waals surface area contributed by atoms with Crippen LogP contribution in [-0.2, 0) is 9.53 Å². The van der Waals surface area contributed by atoms with Crippen molar-refractivity contribution in [2.75, 3.05) is 6.61 Å². The summed E-state index contributed by atoms with van der Waals surface area (Å²) in [6.07, 6.45) is -5.86. The molecule has 0 radical (unpaired) electrons. The van der Waals surface area contributed by atoms with E-state index in [0.717, 1.165) is 0 Å². The lowest BCUT2D eigenvalue weighted by Gasteiger charge is -2.40. The van der Waals surface area contributed by atoms with Gasteiger partial charge in [-0.05, 0) is 12.3 Å². The van der Waals surface area contributed by atoms with Crippen molar-refractivity contribution in [3.05, 3.63) is 0 Å². The van der Waals surface area contributed by atoms with Gasteiger partial charge in [0.05, 0.1) is 18.8 Å². The van der Waals surface area contributed by atoms with Crippen LogP contribution in [0.1, 0.15) is 26.7 Å². The summed E-state index contributed by atoms with van der Waals surface area (Å²) in [4.78, 5) is 12.0. The minimum Gasteiger partial charge on any atom is -0.394 e.